The molecule has 2 aromatic rings. The van der Waals surface area contributed by atoms with Gasteiger partial charge < -0.3 is 9.30 Å². The fourth-order valence-electron chi connectivity index (χ4n) is 1.94. The van der Waals surface area contributed by atoms with Crippen molar-refractivity contribution >= 4 is 17.3 Å². The number of rotatable bonds is 4. The van der Waals surface area contributed by atoms with Gasteiger partial charge in [-0.2, -0.15) is 0 Å². The Bertz CT molecular complexity index is 579. The minimum Gasteiger partial charge on any atom is -0.461 e. The summed E-state index contributed by atoms with van der Waals surface area (Å²) in [6.45, 7) is 8.79. The van der Waals surface area contributed by atoms with E-state index >= 15 is 0 Å². The van der Waals surface area contributed by atoms with Gasteiger partial charge in [0, 0.05) is 11.1 Å². The molecule has 4 nitrogen and oxygen atoms in total. The van der Waals surface area contributed by atoms with Crippen molar-refractivity contribution in [2.24, 2.45) is 0 Å². The Balaban J connectivity index is 2.28. The highest BCUT2D eigenvalue weighted by Crippen LogP contribution is 2.20. The fraction of sp³-hybridized carbons (Fsp3) is 0.429. The quantitative estimate of drug-likeness (QED) is 0.807. The maximum atomic E-state index is 11.9. The average molecular weight is 278 g/mol. The summed E-state index contributed by atoms with van der Waals surface area (Å²) in [5.74, 6) is -0.269. The van der Waals surface area contributed by atoms with E-state index in [0.29, 0.717) is 18.8 Å². The number of thiazole rings is 1. The molecule has 0 aliphatic heterocycles. The molecule has 0 atom stereocenters. The van der Waals surface area contributed by atoms with Crippen LogP contribution in [-0.4, -0.2) is 22.1 Å². The molecular formula is C14H18N2O2S. The molecule has 2 rings (SSSR count). The summed E-state index contributed by atoms with van der Waals surface area (Å²) in [6, 6.07) is 1.93. The third-order valence-electron chi connectivity index (χ3n) is 3.01. The zero-order valence-corrected chi connectivity index (χ0v) is 12.5. The predicted molar refractivity (Wildman–Crippen MR) is 75.8 cm³/mol. The van der Waals surface area contributed by atoms with Gasteiger partial charge in [-0.25, -0.2) is 9.78 Å². The van der Waals surface area contributed by atoms with Gasteiger partial charge in [0.05, 0.1) is 18.8 Å². The van der Waals surface area contributed by atoms with E-state index in [4.69, 9.17) is 4.74 Å². The molecule has 0 saturated heterocycles. The molecule has 2 aromatic heterocycles. The number of carbonyl (C=O) groups is 1. The summed E-state index contributed by atoms with van der Waals surface area (Å²) in [6.07, 6.45) is 1.91. The van der Waals surface area contributed by atoms with E-state index in [1.165, 1.54) is 4.88 Å². The number of carbonyl (C=O) groups excluding carboxylic acids is 1. The number of nitrogens with zero attached hydrogens (tertiary/aromatic N) is 2. The van der Waals surface area contributed by atoms with Gasteiger partial charge in [0.2, 0.25) is 0 Å². The summed E-state index contributed by atoms with van der Waals surface area (Å²) >= 11 is 1.67. The maximum Gasteiger partial charge on any atom is 0.355 e. The first-order valence-corrected chi connectivity index (χ1v) is 7.10. The molecule has 0 aliphatic rings. The SMILES string of the molecule is CCOC(=O)c1c(C)ccn1Cc1nc(C)c(C)s1. The lowest BCUT2D eigenvalue weighted by molar-refractivity contribution is 0.0513. The van der Waals surface area contributed by atoms with Crippen LogP contribution in [0.25, 0.3) is 0 Å². The van der Waals surface area contributed by atoms with Crippen LogP contribution in [0.2, 0.25) is 0 Å². The van der Waals surface area contributed by atoms with Gasteiger partial charge >= 0.3 is 5.97 Å². The summed E-state index contributed by atoms with van der Waals surface area (Å²) < 4.78 is 7.01. The molecule has 0 fully saturated rings. The Morgan fingerprint density at radius 3 is 2.74 bits per heavy atom. The average Bonchev–Trinajstić information content (AvgIpc) is 2.84. The van der Waals surface area contributed by atoms with E-state index < -0.39 is 0 Å². The van der Waals surface area contributed by atoms with Crippen molar-refractivity contribution in [3.63, 3.8) is 0 Å². The van der Waals surface area contributed by atoms with Gasteiger partial charge in [-0.15, -0.1) is 11.3 Å². The molecule has 2 heterocycles. The highest BCUT2D eigenvalue weighted by Gasteiger charge is 2.17. The Hall–Kier alpha value is -1.62. The first-order valence-electron chi connectivity index (χ1n) is 6.28. The van der Waals surface area contributed by atoms with Crippen LogP contribution in [0.15, 0.2) is 12.3 Å². The molecule has 0 N–H and O–H groups in total. The molecule has 0 saturated carbocycles. The molecule has 5 heteroatoms. The third kappa shape index (κ3) is 2.87. The molecule has 0 unspecified atom stereocenters. The van der Waals surface area contributed by atoms with E-state index in [2.05, 4.69) is 11.9 Å². The number of hydrogen-bond acceptors (Lipinski definition) is 4. The van der Waals surface area contributed by atoms with Crippen LogP contribution in [0, 0.1) is 20.8 Å². The van der Waals surface area contributed by atoms with Crippen LogP contribution >= 0.6 is 11.3 Å². The van der Waals surface area contributed by atoms with Crippen LogP contribution in [0.4, 0.5) is 0 Å². The number of ether oxygens (including phenoxy) is 1. The normalized spacial score (nSPS) is 10.7. The Morgan fingerprint density at radius 2 is 2.16 bits per heavy atom. The van der Waals surface area contributed by atoms with Crippen molar-refractivity contribution in [2.75, 3.05) is 6.61 Å². The molecule has 19 heavy (non-hydrogen) atoms. The summed E-state index contributed by atoms with van der Waals surface area (Å²) in [5, 5.41) is 1.01. The van der Waals surface area contributed by atoms with E-state index in [1.54, 1.807) is 11.3 Å². The van der Waals surface area contributed by atoms with Gasteiger partial charge in [-0.3, -0.25) is 0 Å². The van der Waals surface area contributed by atoms with E-state index in [0.717, 1.165) is 16.3 Å². The monoisotopic (exact) mass is 278 g/mol. The Labute approximate surface area is 117 Å². The first-order chi connectivity index (χ1) is 9.02. The van der Waals surface area contributed by atoms with Crippen molar-refractivity contribution in [1.29, 1.82) is 0 Å². The molecule has 0 aromatic carbocycles. The Morgan fingerprint density at radius 1 is 1.42 bits per heavy atom. The molecular weight excluding hydrogens is 260 g/mol. The van der Waals surface area contributed by atoms with Crippen LogP contribution < -0.4 is 0 Å². The second-order valence-electron chi connectivity index (χ2n) is 4.44. The second-order valence-corrected chi connectivity index (χ2v) is 5.73. The first kappa shape index (κ1) is 13.8. The lowest BCUT2D eigenvalue weighted by Crippen LogP contribution is -2.13. The minimum atomic E-state index is -0.269. The van der Waals surface area contributed by atoms with Gasteiger partial charge in [-0.05, 0) is 39.3 Å². The van der Waals surface area contributed by atoms with Crippen LogP contribution in [0.5, 0.6) is 0 Å². The number of esters is 1. The van der Waals surface area contributed by atoms with Crippen LogP contribution in [0.1, 0.15) is 38.6 Å². The highest BCUT2D eigenvalue weighted by atomic mass is 32.1. The molecule has 0 amide bonds. The maximum absolute atomic E-state index is 11.9. The van der Waals surface area contributed by atoms with Gasteiger partial charge in [0.15, 0.2) is 0 Å². The zero-order valence-electron chi connectivity index (χ0n) is 11.7. The molecule has 0 bridgehead atoms. The second kappa shape index (κ2) is 5.57. The number of aryl methyl sites for hydroxylation is 3. The topological polar surface area (TPSA) is 44.1 Å². The number of aromatic nitrogens is 2. The predicted octanol–water partition coefficient (Wildman–Crippen LogP) is 3.09. The standard InChI is InChI=1S/C14H18N2O2S/c1-5-18-14(17)13-9(2)6-7-16(13)8-12-15-10(3)11(4)19-12/h6-7H,5,8H2,1-4H3. The lowest BCUT2D eigenvalue weighted by atomic mass is 10.3. The van der Waals surface area contributed by atoms with E-state index in [9.17, 15) is 4.79 Å². The smallest absolute Gasteiger partial charge is 0.355 e. The molecule has 0 radical (unpaired) electrons. The van der Waals surface area contributed by atoms with Gasteiger partial charge in [0.1, 0.15) is 10.7 Å². The summed E-state index contributed by atoms with van der Waals surface area (Å²) in [7, 11) is 0. The third-order valence-corrected chi connectivity index (χ3v) is 4.07. The van der Waals surface area contributed by atoms with Crippen molar-refractivity contribution in [2.45, 2.75) is 34.2 Å². The van der Waals surface area contributed by atoms with Crippen molar-refractivity contribution in [3.05, 3.63) is 39.1 Å². The fourth-order valence-corrected chi connectivity index (χ4v) is 2.88. The summed E-state index contributed by atoms with van der Waals surface area (Å²) in [5.41, 5.74) is 2.61. The van der Waals surface area contributed by atoms with Crippen LogP contribution in [0.3, 0.4) is 0 Å². The largest absolute Gasteiger partial charge is 0.461 e. The zero-order chi connectivity index (χ0) is 14.0. The van der Waals surface area contributed by atoms with Crippen LogP contribution in [-0.2, 0) is 11.3 Å². The number of hydrogen-bond donors (Lipinski definition) is 0. The molecule has 102 valence electrons. The van der Waals surface area contributed by atoms with E-state index in [1.807, 2.05) is 37.6 Å². The minimum absolute atomic E-state index is 0.269. The molecule has 0 aliphatic carbocycles. The Kier molecular flexibility index (Phi) is 4.04. The van der Waals surface area contributed by atoms with Gasteiger partial charge in [0.25, 0.3) is 0 Å². The van der Waals surface area contributed by atoms with Crippen molar-refractivity contribution < 1.29 is 9.53 Å². The van der Waals surface area contributed by atoms with Gasteiger partial charge in [-0.1, -0.05) is 0 Å². The lowest BCUT2D eigenvalue weighted by Gasteiger charge is -2.08. The summed E-state index contributed by atoms with van der Waals surface area (Å²) in [4.78, 5) is 17.7. The van der Waals surface area contributed by atoms with Crippen molar-refractivity contribution in [1.82, 2.24) is 9.55 Å². The molecule has 0 spiro atoms. The highest BCUT2D eigenvalue weighted by molar-refractivity contribution is 7.11. The van der Waals surface area contributed by atoms with E-state index in [-0.39, 0.29) is 5.97 Å². The van der Waals surface area contributed by atoms with Crippen molar-refractivity contribution in [3.8, 4) is 0 Å².